The lowest BCUT2D eigenvalue weighted by molar-refractivity contribution is -0.154. The molecule has 0 aromatic rings. The van der Waals surface area contributed by atoms with Gasteiger partial charge in [0.25, 0.3) is 0 Å². The van der Waals surface area contributed by atoms with E-state index in [0.29, 0.717) is 6.42 Å². The molecule has 0 aliphatic rings. The van der Waals surface area contributed by atoms with Gasteiger partial charge in [-0.3, -0.25) is 14.4 Å². The highest BCUT2D eigenvalue weighted by Gasteiger charge is 2.25. The third-order valence-corrected chi connectivity index (χ3v) is 2.39. The van der Waals surface area contributed by atoms with E-state index in [-0.39, 0.29) is 24.8 Å². The Kier molecular flexibility index (Phi) is 6.14. The molecule has 1 unspecified atom stereocenters. The highest BCUT2D eigenvalue weighted by Crippen LogP contribution is 2.04. The van der Waals surface area contributed by atoms with Crippen molar-refractivity contribution in [3.05, 3.63) is 0 Å². The van der Waals surface area contributed by atoms with Crippen LogP contribution in [0.2, 0.25) is 0 Å². The molecule has 0 bridgehead atoms. The van der Waals surface area contributed by atoms with Crippen LogP contribution < -0.4 is 5.32 Å². The molecular weight excluding hydrogens is 214 g/mol. The molecule has 16 heavy (non-hydrogen) atoms. The van der Waals surface area contributed by atoms with Crippen LogP contribution in [0.15, 0.2) is 0 Å². The summed E-state index contributed by atoms with van der Waals surface area (Å²) in [4.78, 5) is 32.3. The van der Waals surface area contributed by atoms with Crippen LogP contribution in [-0.4, -0.2) is 34.6 Å². The van der Waals surface area contributed by atoms with E-state index in [9.17, 15) is 14.4 Å². The number of carboxylic acids is 2. The molecule has 0 aromatic heterocycles. The Labute approximate surface area is 93.6 Å². The van der Waals surface area contributed by atoms with E-state index in [2.05, 4.69) is 5.32 Å². The number of rotatable bonds is 7. The van der Waals surface area contributed by atoms with Gasteiger partial charge in [0.05, 0.1) is 0 Å². The van der Waals surface area contributed by atoms with Gasteiger partial charge in [0, 0.05) is 12.5 Å². The first-order valence-corrected chi connectivity index (χ1v) is 5.13. The average molecular weight is 231 g/mol. The number of hydrogen-bond donors (Lipinski definition) is 3. The second kappa shape index (κ2) is 6.81. The molecule has 0 rings (SSSR count). The van der Waals surface area contributed by atoms with Crippen molar-refractivity contribution >= 4 is 17.8 Å². The average Bonchev–Trinajstić information content (AvgIpc) is 2.21. The maximum Gasteiger partial charge on any atom is 0.317 e. The molecule has 0 aliphatic heterocycles. The van der Waals surface area contributed by atoms with Crippen molar-refractivity contribution in [2.75, 3.05) is 6.54 Å². The topological polar surface area (TPSA) is 104 Å². The van der Waals surface area contributed by atoms with Gasteiger partial charge in [0.2, 0.25) is 5.91 Å². The first-order chi connectivity index (χ1) is 7.40. The Morgan fingerprint density at radius 2 is 1.69 bits per heavy atom. The minimum Gasteiger partial charge on any atom is -0.481 e. The molecular formula is C10H17NO5. The molecule has 0 radical (unpaired) electrons. The Hall–Kier alpha value is -1.59. The number of hydrogen-bond acceptors (Lipinski definition) is 3. The van der Waals surface area contributed by atoms with Crippen LogP contribution in [-0.2, 0) is 14.4 Å². The van der Waals surface area contributed by atoms with Gasteiger partial charge in [0.1, 0.15) is 0 Å². The summed E-state index contributed by atoms with van der Waals surface area (Å²) >= 11 is 0. The minimum atomic E-state index is -1.46. The van der Waals surface area contributed by atoms with Crippen molar-refractivity contribution < 1.29 is 24.6 Å². The molecule has 6 nitrogen and oxygen atoms in total. The highest BCUT2D eigenvalue weighted by atomic mass is 16.4. The van der Waals surface area contributed by atoms with E-state index in [1.54, 1.807) is 6.92 Å². The molecule has 0 saturated heterocycles. The van der Waals surface area contributed by atoms with Crippen molar-refractivity contribution in [1.29, 1.82) is 0 Å². The van der Waals surface area contributed by atoms with Gasteiger partial charge in [-0.25, -0.2) is 0 Å². The van der Waals surface area contributed by atoms with Gasteiger partial charge in [-0.05, 0) is 12.8 Å². The van der Waals surface area contributed by atoms with Crippen molar-refractivity contribution in [2.24, 2.45) is 11.8 Å². The van der Waals surface area contributed by atoms with Crippen molar-refractivity contribution in [3.63, 3.8) is 0 Å². The number of aliphatic carboxylic acids is 2. The molecule has 1 amide bonds. The number of amides is 1. The van der Waals surface area contributed by atoms with Crippen molar-refractivity contribution in [3.8, 4) is 0 Å². The fourth-order valence-corrected chi connectivity index (χ4v) is 1.05. The SMILES string of the molecule is CCC(C)C(=O)NCCC(C(=O)O)C(=O)O. The Morgan fingerprint density at radius 1 is 1.19 bits per heavy atom. The molecule has 0 spiro atoms. The molecule has 0 heterocycles. The summed E-state index contributed by atoms with van der Waals surface area (Å²) in [7, 11) is 0. The summed E-state index contributed by atoms with van der Waals surface area (Å²) in [6.07, 6.45) is 0.583. The molecule has 0 aliphatic carbocycles. The van der Waals surface area contributed by atoms with Crippen LogP contribution >= 0.6 is 0 Å². The number of carbonyl (C=O) groups is 3. The highest BCUT2D eigenvalue weighted by molar-refractivity contribution is 5.92. The van der Waals surface area contributed by atoms with Gasteiger partial charge in [-0.1, -0.05) is 13.8 Å². The Balaban J connectivity index is 4.01. The summed E-state index contributed by atoms with van der Waals surface area (Å²) < 4.78 is 0. The lowest BCUT2D eigenvalue weighted by Gasteiger charge is -2.11. The largest absolute Gasteiger partial charge is 0.481 e. The van der Waals surface area contributed by atoms with E-state index < -0.39 is 17.9 Å². The second-order valence-corrected chi connectivity index (χ2v) is 3.62. The molecule has 0 fully saturated rings. The molecule has 1 atom stereocenters. The summed E-state index contributed by atoms with van der Waals surface area (Å²) in [5.74, 6) is -4.56. The summed E-state index contributed by atoms with van der Waals surface area (Å²) in [6, 6.07) is 0. The zero-order valence-corrected chi connectivity index (χ0v) is 9.40. The molecule has 3 N–H and O–H groups in total. The lowest BCUT2D eigenvalue weighted by Crippen LogP contribution is -2.33. The van der Waals surface area contributed by atoms with Crippen LogP contribution in [0.25, 0.3) is 0 Å². The third kappa shape index (κ3) is 4.77. The fraction of sp³-hybridized carbons (Fsp3) is 0.700. The van der Waals surface area contributed by atoms with Gasteiger partial charge < -0.3 is 15.5 Å². The standard InChI is InChI=1S/C10H17NO5/c1-3-6(2)8(12)11-5-4-7(9(13)14)10(15)16/h6-7H,3-5H2,1-2H3,(H,11,12)(H,13,14)(H,15,16). The molecule has 0 saturated carbocycles. The van der Waals surface area contributed by atoms with E-state index >= 15 is 0 Å². The summed E-state index contributed by atoms with van der Waals surface area (Å²) in [6.45, 7) is 3.68. The first kappa shape index (κ1) is 14.4. The number of nitrogens with one attached hydrogen (secondary N) is 1. The van der Waals surface area contributed by atoms with Gasteiger partial charge in [-0.2, -0.15) is 0 Å². The zero-order valence-electron chi connectivity index (χ0n) is 9.40. The predicted molar refractivity (Wildman–Crippen MR) is 55.8 cm³/mol. The smallest absolute Gasteiger partial charge is 0.317 e. The molecule has 6 heteroatoms. The van der Waals surface area contributed by atoms with E-state index in [1.165, 1.54) is 0 Å². The quantitative estimate of drug-likeness (QED) is 0.547. The van der Waals surface area contributed by atoms with Gasteiger partial charge in [0.15, 0.2) is 5.92 Å². The third-order valence-electron chi connectivity index (χ3n) is 2.39. The number of carboxylic acid groups (broad SMARTS) is 2. The van der Waals surface area contributed by atoms with Crippen LogP contribution in [0, 0.1) is 11.8 Å². The van der Waals surface area contributed by atoms with E-state index in [0.717, 1.165) is 0 Å². The predicted octanol–water partition coefficient (Wildman–Crippen LogP) is 0.324. The Morgan fingerprint density at radius 3 is 2.06 bits per heavy atom. The van der Waals surface area contributed by atoms with Crippen LogP contribution in [0.1, 0.15) is 26.7 Å². The van der Waals surface area contributed by atoms with Crippen LogP contribution in [0.4, 0.5) is 0 Å². The van der Waals surface area contributed by atoms with Crippen LogP contribution in [0.3, 0.4) is 0 Å². The van der Waals surface area contributed by atoms with Crippen LogP contribution in [0.5, 0.6) is 0 Å². The number of carbonyl (C=O) groups excluding carboxylic acids is 1. The second-order valence-electron chi connectivity index (χ2n) is 3.62. The summed E-state index contributed by atoms with van der Waals surface area (Å²) in [5, 5.41) is 19.6. The minimum absolute atomic E-state index is 0.0619. The normalized spacial score (nSPS) is 12.2. The molecule has 0 aromatic carbocycles. The maximum atomic E-state index is 11.3. The maximum absolute atomic E-state index is 11.3. The Bertz CT molecular complexity index is 262. The van der Waals surface area contributed by atoms with Gasteiger partial charge in [-0.15, -0.1) is 0 Å². The van der Waals surface area contributed by atoms with E-state index in [1.807, 2.05) is 6.92 Å². The first-order valence-electron chi connectivity index (χ1n) is 5.13. The molecule has 92 valence electrons. The summed E-state index contributed by atoms with van der Waals surface area (Å²) in [5.41, 5.74) is 0. The monoisotopic (exact) mass is 231 g/mol. The van der Waals surface area contributed by atoms with Crippen molar-refractivity contribution in [1.82, 2.24) is 5.32 Å². The zero-order chi connectivity index (χ0) is 12.7. The lowest BCUT2D eigenvalue weighted by atomic mass is 10.1. The van der Waals surface area contributed by atoms with Gasteiger partial charge >= 0.3 is 11.9 Å². The fourth-order valence-electron chi connectivity index (χ4n) is 1.05. The van der Waals surface area contributed by atoms with E-state index in [4.69, 9.17) is 10.2 Å². The van der Waals surface area contributed by atoms with Crippen molar-refractivity contribution in [2.45, 2.75) is 26.7 Å².